The highest BCUT2D eigenvalue weighted by Crippen LogP contribution is 2.29. The van der Waals surface area contributed by atoms with Crippen molar-refractivity contribution in [3.8, 4) is 0 Å². The molecule has 0 rings (SSSR count). The SMILES string of the molecule is CC(C)([SiH3])CC(Cl)Cl. The van der Waals surface area contributed by atoms with E-state index >= 15 is 0 Å². The summed E-state index contributed by atoms with van der Waals surface area (Å²) in [6.07, 6.45) is 0.919. The van der Waals surface area contributed by atoms with Crippen LogP contribution in [0.15, 0.2) is 0 Å². The highest BCUT2D eigenvalue weighted by molar-refractivity contribution is 6.44. The van der Waals surface area contributed by atoms with E-state index in [1.165, 1.54) is 0 Å². The molecule has 0 saturated carbocycles. The lowest BCUT2D eigenvalue weighted by molar-refractivity contribution is 0.642. The quantitative estimate of drug-likeness (QED) is 0.438. The molecular weight excluding hydrogens is 159 g/mol. The fraction of sp³-hybridized carbons (Fsp3) is 1.00. The van der Waals surface area contributed by atoms with E-state index < -0.39 is 0 Å². The lowest BCUT2D eigenvalue weighted by atomic mass is 10.1. The molecule has 0 amide bonds. The largest absolute Gasteiger partial charge is 0.108 e. The molecule has 0 radical (unpaired) electrons. The maximum absolute atomic E-state index is 5.55. The van der Waals surface area contributed by atoms with Gasteiger partial charge in [0.2, 0.25) is 0 Å². The predicted octanol–water partition coefficient (Wildman–Crippen LogP) is 1.74. The lowest BCUT2D eigenvalue weighted by Gasteiger charge is -2.17. The van der Waals surface area contributed by atoms with Crippen LogP contribution in [0.25, 0.3) is 0 Å². The molecule has 0 unspecified atom stereocenters. The Morgan fingerprint density at radius 1 is 1.50 bits per heavy atom. The van der Waals surface area contributed by atoms with E-state index in [1.807, 2.05) is 0 Å². The molecule has 0 aromatic rings. The fourth-order valence-corrected chi connectivity index (χ4v) is 2.31. The van der Waals surface area contributed by atoms with E-state index in [1.54, 1.807) is 0 Å². The topological polar surface area (TPSA) is 0 Å². The van der Waals surface area contributed by atoms with Gasteiger partial charge in [0.1, 0.15) is 4.84 Å². The van der Waals surface area contributed by atoms with Crippen LogP contribution >= 0.6 is 23.2 Å². The molecule has 0 heterocycles. The minimum atomic E-state index is -0.178. The number of rotatable bonds is 2. The van der Waals surface area contributed by atoms with Crippen molar-refractivity contribution in [1.82, 2.24) is 0 Å². The van der Waals surface area contributed by atoms with Crippen LogP contribution in [0.2, 0.25) is 5.04 Å². The van der Waals surface area contributed by atoms with Crippen LogP contribution in [-0.4, -0.2) is 15.1 Å². The van der Waals surface area contributed by atoms with E-state index in [0.717, 1.165) is 16.7 Å². The van der Waals surface area contributed by atoms with Crippen LogP contribution in [-0.2, 0) is 0 Å². The van der Waals surface area contributed by atoms with Gasteiger partial charge < -0.3 is 0 Å². The molecular formula is C5H12Cl2Si. The van der Waals surface area contributed by atoms with Gasteiger partial charge in [0.05, 0.1) is 0 Å². The Labute approximate surface area is 64.0 Å². The average molecular weight is 171 g/mol. The molecule has 0 saturated heterocycles. The third-order valence-electron chi connectivity index (χ3n) is 0.767. The molecule has 0 aromatic carbocycles. The van der Waals surface area contributed by atoms with E-state index in [-0.39, 0.29) is 4.84 Å². The smallest absolute Gasteiger partial charge is 0.105 e. The predicted molar refractivity (Wildman–Crippen MR) is 44.1 cm³/mol. The van der Waals surface area contributed by atoms with Crippen LogP contribution < -0.4 is 0 Å². The number of halogens is 2. The Kier molecular flexibility index (Phi) is 3.40. The van der Waals surface area contributed by atoms with Gasteiger partial charge in [-0.1, -0.05) is 13.8 Å². The monoisotopic (exact) mass is 170 g/mol. The van der Waals surface area contributed by atoms with Gasteiger partial charge in [-0.15, -0.1) is 23.2 Å². The first-order chi connectivity index (χ1) is 3.42. The standard InChI is InChI=1S/C5H12Cl2Si/c1-5(2,8)3-4(6)7/h4H,3H2,1-2,8H3. The van der Waals surface area contributed by atoms with Crippen molar-refractivity contribution in [3.05, 3.63) is 0 Å². The molecule has 0 aliphatic rings. The first-order valence-electron chi connectivity index (χ1n) is 2.70. The van der Waals surface area contributed by atoms with Crippen molar-refractivity contribution in [3.63, 3.8) is 0 Å². The number of hydrogen-bond donors (Lipinski definition) is 0. The first kappa shape index (κ1) is 8.80. The van der Waals surface area contributed by atoms with Crippen molar-refractivity contribution in [2.24, 2.45) is 0 Å². The summed E-state index contributed by atoms with van der Waals surface area (Å²) >= 11 is 11.1. The third-order valence-corrected chi connectivity index (χ3v) is 1.48. The molecule has 8 heavy (non-hydrogen) atoms. The zero-order valence-corrected chi connectivity index (χ0v) is 9.05. The molecule has 0 aliphatic carbocycles. The maximum atomic E-state index is 5.55. The minimum absolute atomic E-state index is 0.178. The first-order valence-corrected chi connectivity index (χ1v) is 4.57. The van der Waals surface area contributed by atoms with Gasteiger partial charge >= 0.3 is 0 Å². The van der Waals surface area contributed by atoms with Crippen LogP contribution in [0.4, 0.5) is 0 Å². The van der Waals surface area contributed by atoms with Crippen LogP contribution in [0, 0.1) is 0 Å². The Hall–Kier alpha value is 0.797. The average Bonchev–Trinajstić information content (AvgIpc) is 1.21. The normalized spacial score (nSPS) is 13.1. The molecule has 0 nitrogen and oxygen atoms in total. The second-order valence-electron chi connectivity index (χ2n) is 3.16. The van der Waals surface area contributed by atoms with E-state index in [2.05, 4.69) is 13.8 Å². The summed E-state index contributed by atoms with van der Waals surface area (Å²) in [6.45, 7) is 4.36. The summed E-state index contributed by atoms with van der Waals surface area (Å²) in [5, 5.41) is 0.397. The van der Waals surface area contributed by atoms with Gasteiger partial charge in [0, 0.05) is 10.2 Å². The summed E-state index contributed by atoms with van der Waals surface area (Å²) < 4.78 is 0. The number of hydrogen-bond acceptors (Lipinski definition) is 0. The molecule has 0 aliphatic heterocycles. The van der Waals surface area contributed by atoms with Crippen molar-refractivity contribution >= 4 is 33.4 Å². The summed E-state index contributed by atoms with van der Waals surface area (Å²) in [5.41, 5.74) is 0. The zero-order chi connectivity index (χ0) is 6.78. The summed E-state index contributed by atoms with van der Waals surface area (Å²) in [7, 11) is 1.16. The summed E-state index contributed by atoms with van der Waals surface area (Å²) in [4.78, 5) is -0.178. The van der Waals surface area contributed by atoms with Gasteiger partial charge in [-0.05, 0) is 11.5 Å². The van der Waals surface area contributed by atoms with Crippen LogP contribution in [0.1, 0.15) is 20.3 Å². The number of alkyl halides is 2. The molecule has 3 heteroatoms. The Bertz CT molecular complexity index is 65.3. The molecule has 0 atom stereocenters. The molecule has 0 aromatic heterocycles. The van der Waals surface area contributed by atoms with Crippen molar-refractivity contribution in [2.75, 3.05) is 0 Å². The molecule has 0 fully saturated rings. The highest BCUT2D eigenvalue weighted by atomic mass is 35.5. The highest BCUT2D eigenvalue weighted by Gasteiger charge is 2.13. The van der Waals surface area contributed by atoms with E-state index in [0.29, 0.717) is 5.04 Å². The second kappa shape index (κ2) is 3.09. The van der Waals surface area contributed by atoms with Crippen molar-refractivity contribution < 1.29 is 0 Å². The molecule has 0 N–H and O–H groups in total. The molecule has 0 bridgehead atoms. The van der Waals surface area contributed by atoms with Gasteiger partial charge in [0.15, 0.2) is 0 Å². The van der Waals surface area contributed by atoms with Crippen molar-refractivity contribution in [2.45, 2.75) is 30.1 Å². The minimum Gasteiger partial charge on any atom is -0.105 e. The van der Waals surface area contributed by atoms with Gasteiger partial charge in [-0.25, -0.2) is 0 Å². The van der Waals surface area contributed by atoms with Crippen molar-refractivity contribution in [1.29, 1.82) is 0 Å². The molecule has 0 spiro atoms. The Morgan fingerprint density at radius 2 is 1.88 bits per heavy atom. The zero-order valence-electron chi connectivity index (χ0n) is 5.54. The molecule has 50 valence electrons. The summed E-state index contributed by atoms with van der Waals surface area (Å²) in [5.74, 6) is 0. The van der Waals surface area contributed by atoms with Gasteiger partial charge in [0.25, 0.3) is 0 Å². The third kappa shape index (κ3) is 6.80. The van der Waals surface area contributed by atoms with E-state index in [9.17, 15) is 0 Å². The van der Waals surface area contributed by atoms with Crippen LogP contribution in [0.3, 0.4) is 0 Å². The lowest BCUT2D eigenvalue weighted by Crippen LogP contribution is -2.05. The Morgan fingerprint density at radius 3 is 1.88 bits per heavy atom. The second-order valence-corrected chi connectivity index (χ2v) is 7.14. The van der Waals surface area contributed by atoms with Gasteiger partial charge in [-0.2, -0.15) is 0 Å². The Balaban J connectivity index is 3.39. The van der Waals surface area contributed by atoms with Gasteiger partial charge in [-0.3, -0.25) is 0 Å². The fourth-order valence-electron chi connectivity index (χ4n) is 0.463. The van der Waals surface area contributed by atoms with E-state index in [4.69, 9.17) is 23.2 Å². The maximum Gasteiger partial charge on any atom is 0.108 e. The summed E-state index contributed by atoms with van der Waals surface area (Å²) in [6, 6.07) is 0. The van der Waals surface area contributed by atoms with Crippen LogP contribution in [0.5, 0.6) is 0 Å².